The molecule has 0 unspecified atom stereocenters. The number of allylic oxidation sites excluding steroid dienone is 3. The van der Waals surface area contributed by atoms with E-state index in [2.05, 4.69) is 67.6 Å². The Balaban J connectivity index is 1.70. The first-order chi connectivity index (χ1) is 14.9. The molecule has 2 N–H and O–H groups in total. The van der Waals surface area contributed by atoms with Crippen LogP contribution in [0, 0.1) is 0 Å². The van der Waals surface area contributed by atoms with Crippen molar-refractivity contribution in [2.45, 2.75) is 13.0 Å². The van der Waals surface area contributed by atoms with Crippen LogP contribution in [-0.4, -0.2) is 60.1 Å². The molecule has 0 bridgehead atoms. The fourth-order valence-electron chi connectivity index (χ4n) is 3.72. The monoisotopic (exact) mass is 401 g/mol. The van der Waals surface area contributed by atoms with E-state index in [4.69, 9.17) is 4.99 Å². The number of rotatable bonds is 4. The Morgan fingerprint density at radius 1 is 1.13 bits per heavy atom. The molecule has 7 nitrogen and oxygen atoms in total. The van der Waals surface area contributed by atoms with E-state index < -0.39 is 0 Å². The third-order valence-electron chi connectivity index (χ3n) is 5.27. The number of piperazine rings is 1. The second-order valence-electron chi connectivity index (χ2n) is 7.17. The van der Waals surface area contributed by atoms with Crippen LogP contribution in [0.3, 0.4) is 0 Å². The molecule has 2 aromatic heterocycles. The van der Waals surface area contributed by atoms with Gasteiger partial charge in [0.05, 0.1) is 18.4 Å². The summed E-state index contributed by atoms with van der Waals surface area (Å²) in [5.41, 5.74) is 4.09. The van der Waals surface area contributed by atoms with Crippen molar-refractivity contribution in [3.8, 4) is 0 Å². The number of hydrogen-bond acceptors (Lipinski definition) is 6. The van der Waals surface area contributed by atoms with Crippen molar-refractivity contribution in [1.29, 1.82) is 0 Å². The van der Waals surface area contributed by atoms with Gasteiger partial charge in [-0.3, -0.25) is 15.0 Å². The first kappa shape index (κ1) is 20.0. The number of aliphatic imine (C=N–C) groups is 2. The summed E-state index contributed by atoms with van der Waals surface area (Å²) in [6.45, 7) is 8.74. The van der Waals surface area contributed by atoms with Crippen LogP contribution >= 0.6 is 0 Å². The third kappa shape index (κ3) is 4.63. The number of pyridine rings is 2. The molecule has 154 valence electrons. The Morgan fingerprint density at radius 2 is 2.00 bits per heavy atom. The molecule has 4 rings (SSSR count). The Bertz CT molecular complexity index is 971. The molecule has 30 heavy (non-hydrogen) atoms. The van der Waals surface area contributed by atoms with Crippen molar-refractivity contribution in [1.82, 2.24) is 20.2 Å². The Kier molecular flexibility index (Phi) is 6.61. The molecule has 0 amide bonds. The number of hydrogen-bond donors (Lipinski definition) is 2. The van der Waals surface area contributed by atoms with Gasteiger partial charge in [0.15, 0.2) is 0 Å². The molecule has 4 heterocycles. The summed E-state index contributed by atoms with van der Waals surface area (Å²) < 4.78 is 0. The second-order valence-corrected chi connectivity index (χ2v) is 7.17. The zero-order valence-corrected chi connectivity index (χ0v) is 17.1. The zero-order valence-electron chi connectivity index (χ0n) is 17.1. The largest absolute Gasteiger partial charge is 0.366 e. The fourth-order valence-corrected chi connectivity index (χ4v) is 3.72. The van der Waals surface area contributed by atoms with Crippen LogP contribution in [0.5, 0.6) is 0 Å². The molecule has 0 saturated carbocycles. The quantitative estimate of drug-likeness (QED) is 0.608. The lowest BCUT2D eigenvalue weighted by molar-refractivity contribution is 0.357. The van der Waals surface area contributed by atoms with E-state index in [-0.39, 0.29) is 0 Å². The van der Waals surface area contributed by atoms with Gasteiger partial charge < -0.3 is 15.5 Å². The highest BCUT2D eigenvalue weighted by Gasteiger charge is 2.19. The standard InChI is InChI=1S/C23H27N7/c1-24-21-17-26-10-8-20(21)23(30-14-12-25-13-15-30)29-16-18-7-11-28-22-19(18)6-4-2-3-5-9-27-22/h2-5,7-8,10-11,17,25H,1,6,9,12-16H2,(H,27,28)/b4-2-,5-3-,29-23?. The summed E-state index contributed by atoms with van der Waals surface area (Å²) in [4.78, 5) is 20.3. The SMILES string of the molecule is C=Nc1cnccc1C(=NCc1ccnc2c1C/C=C\C=C/CN2)N1CCNCC1. The van der Waals surface area contributed by atoms with Crippen molar-refractivity contribution < 1.29 is 0 Å². The van der Waals surface area contributed by atoms with Gasteiger partial charge in [0.25, 0.3) is 0 Å². The molecule has 1 fully saturated rings. The second kappa shape index (κ2) is 9.93. The highest BCUT2D eigenvalue weighted by molar-refractivity contribution is 6.03. The van der Waals surface area contributed by atoms with Gasteiger partial charge in [-0.25, -0.2) is 4.98 Å². The lowest BCUT2D eigenvalue weighted by atomic mass is 10.1. The molecule has 0 atom stereocenters. The van der Waals surface area contributed by atoms with E-state index in [0.29, 0.717) is 6.54 Å². The predicted octanol–water partition coefficient (Wildman–Crippen LogP) is 2.74. The normalized spacial score (nSPS) is 18.9. The van der Waals surface area contributed by atoms with Crippen LogP contribution in [0.4, 0.5) is 11.5 Å². The minimum atomic E-state index is 0.575. The van der Waals surface area contributed by atoms with Gasteiger partial charge >= 0.3 is 0 Å². The highest BCUT2D eigenvalue weighted by Crippen LogP contribution is 2.23. The summed E-state index contributed by atoms with van der Waals surface area (Å²) in [6, 6.07) is 4.04. The Hall–Kier alpha value is -3.32. The lowest BCUT2D eigenvalue weighted by Gasteiger charge is -2.31. The maximum atomic E-state index is 5.09. The van der Waals surface area contributed by atoms with Crippen molar-refractivity contribution >= 4 is 24.1 Å². The van der Waals surface area contributed by atoms with Crippen molar-refractivity contribution in [2.24, 2.45) is 9.98 Å². The fraction of sp³-hybridized carbons (Fsp3) is 0.304. The van der Waals surface area contributed by atoms with Crippen LogP contribution in [0.25, 0.3) is 0 Å². The van der Waals surface area contributed by atoms with Gasteiger partial charge in [0.1, 0.15) is 11.7 Å². The average Bonchev–Trinajstić information content (AvgIpc) is 2.92. The average molecular weight is 402 g/mol. The molecular formula is C23H27N7. The molecule has 2 aliphatic heterocycles. The van der Waals surface area contributed by atoms with Crippen LogP contribution in [0.2, 0.25) is 0 Å². The first-order valence-electron chi connectivity index (χ1n) is 10.3. The number of nitrogens with one attached hydrogen (secondary N) is 2. The molecule has 2 aliphatic rings. The van der Waals surface area contributed by atoms with Gasteiger partial charge in [-0.15, -0.1) is 0 Å². The molecular weight excluding hydrogens is 374 g/mol. The maximum Gasteiger partial charge on any atom is 0.133 e. The van der Waals surface area contributed by atoms with Crippen LogP contribution in [0.15, 0.2) is 65.0 Å². The molecule has 0 radical (unpaired) electrons. The first-order valence-corrected chi connectivity index (χ1v) is 10.3. The summed E-state index contributed by atoms with van der Waals surface area (Å²) in [5.74, 6) is 1.88. The van der Waals surface area contributed by atoms with E-state index >= 15 is 0 Å². The molecule has 1 saturated heterocycles. The van der Waals surface area contributed by atoms with E-state index in [1.54, 1.807) is 12.4 Å². The molecule has 2 aromatic rings. The van der Waals surface area contributed by atoms with Gasteiger partial charge in [-0.2, -0.15) is 0 Å². The van der Waals surface area contributed by atoms with Gasteiger partial charge in [0.2, 0.25) is 0 Å². The summed E-state index contributed by atoms with van der Waals surface area (Å²) >= 11 is 0. The van der Waals surface area contributed by atoms with Crippen molar-refractivity contribution in [2.75, 3.05) is 38.0 Å². The number of nitrogens with zero attached hydrogens (tertiary/aromatic N) is 5. The number of fused-ring (bicyclic) bond motifs is 1. The van der Waals surface area contributed by atoms with Gasteiger partial charge in [0, 0.05) is 56.2 Å². The Morgan fingerprint density at radius 3 is 2.87 bits per heavy atom. The highest BCUT2D eigenvalue weighted by atomic mass is 15.2. The van der Waals surface area contributed by atoms with Crippen molar-refractivity contribution in [3.63, 3.8) is 0 Å². The zero-order chi connectivity index (χ0) is 20.6. The number of amidine groups is 1. The lowest BCUT2D eigenvalue weighted by Crippen LogP contribution is -2.46. The summed E-state index contributed by atoms with van der Waals surface area (Å²) in [6.07, 6.45) is 14.6. The topological polar surface area (TPSA) is 77.8 Å². The number of anilines is 1. The van der Waals surface area contributed by atoms with Crippen molar-refractivity contribution in [3.05, 3.63) is 71.7 Å². The summed E-state index contributed by atoms with van der Waals surface area (Å²) in [5, 5.41) is 6.82. The molecule has 0 aliphatic carbocycles. The molecule has 0 aromatic carbocycles. The van der Waals surface area contributed by atoms with E-state index in [9.17, 15) is 0 Å². The number of aromatic nitrogens is 2. The van der Waals surface area contributed by atoms with E-state index in [1.165, 1.54) is 11.1 Å². The van der Waals surface area contributed by atoms with Crippen LogP contribution in [-0.2, 0) is 13.0 Å². The molecule has 7 heteroatoms. The molecule has 0 spiro atoms. The van der Waals surface area contributed by atoms with Crippen LogP contribution < -0.4 is 10.6 Å². The smallest absolute Gasteiger partial charge is 0.133 e. The van der Waals surface area contributed by atoms with E-state index in [0.717, 1.165) is 62.0 Å². The minimum absolute atomic E-state index is 0.575. The third-order valence-corrected chi connectivity index (χ3v) is 5.27. The predicted molar refractivity (Wildman–Crippen MR) is 123 cm³/mol. The van der Waals surface area contributed by atoms with Crippen LogP contribution in [0.1, 0.15) is 16.7 Å². The van der Waals surface area contributed by atoms with Gasteiger partial charge in [-0.1, -0.05) is 24.3 Å². The minimum Gasteiger partial charge on any atom is -0.366 e. The Labute approximate surface area is 177 Å². The maximum absolute atomic E-state index is 5.09. The summed E-state index contributed by atoms with van der Waals surface area (Å²) in [7, 11) is 0. The van der Waals surface area contributed by atoms with E-state index in [1.807, 2.05) is 12.3 Å². The van der Waals surface area contributed by atoms with Gasteiger partial charge in [-0.05, 0) is 30.8 Å².